The van der Waals surface area contributed by atoms with Crippen molar-refractivity contribution < 1.29 is 4.39 Å². The molecule has 1 aromatic carbocycles. The Morgan fingerprint density at radius 2 is 2.05 bits per heavy atom. The molecule has 2 unspecified atom stereocenters. The van der Waals surface area contributed by atoms with Crippen LogP contribution in [0.15, 0.2) is 24.3 Å². The van der Waals surface area contributed by atoms with Crippen molar-refractivity contribution in [2.75, 3.05) is 33.7 Å². The van der Waals surface area contributed by atoms with Gasteiger partial charge in [0.25, 0.3) is 0 Å². The Labute approximate surface area is 115 Å². The smallest absolute Gasteiger partial charge is 0.123 e. The van der Waals surface area contributed by atoms with Gasteiger partial charge in [0, 0.05) is 25.2 Å². The third-order valence-corrected chi connectivity index (χ3v) is 3.80. The zero-order valence-corrected chi connectivity index (χ0v) is 11.8. The molecule has 0 spiro atoms. The van der Waals surface area contributed by atoms with E-state index >= 15 is 0 Å². The molecule has 0 amide bonds. The minimum absolute atomic E-state index is 0.0386. The van der Waals surface area contributed by atoms with Crippen LogP contribution < -0.4 is 5.73 Å². The Hall–Kier alpha value is -0.970. The molecule has 0 radical (unpaired) electrons. The molecule has 1 aliphatic heterocycles. The van der Waals surface area contributed by atoms with E-state index in [0.29, 0.717) is 6.04 Å². The van der Waals surface area contributed by atoms with Crippen molar-refractivity contribution in [1.29, 1.82) is 0 Å². The van der Waals surface area contributed by atoms with Crippen LogP contribution in [0.25, 0.3) is 0 Å². The van der Waals surface area contributed by atoms with Crippen LogP contribution in [-0.2, 0) is 0 Å². The summed E-state index contributed by atoms with van der Waals surface area (Å²) >= 11 is 0. The number of hydrogen-bond donors (Lipinski definition) is 1. The Bertz CT molecular complexity index is 391. The van der Waals surface area contributed by atoms with E-state index in [1.165, 1.54) is 25.0 Å². The van der Waals surface area contributed by atoms with Crippen LogP contribution in [-0.4, -0.2) is 49.6 Å². The zero-order chi connectivity index (χ0) is 13.8. The monoisotopic (exact) mass is 265 g/mol. The molecule has 4 heteroatoms. The van der Waals surface area contributed by atoms with Gasteiger partial charge < -0.3 is 10.6 Å². The SMILES string of the molecule is CN(C)CC1CCCN1CC(N)c1ccc(F)cc1. The highest BCUT2D eigenvalue weighted by Gasteiger charge is 2.26. The maximum absolute atomic E-state index is 12.9. The van der Waals surface area contributed by atoms with E-state index in [9.17, 15) is 4.39 Å². The highest BCUT2D eigenvalue weighted by molar-refractivity contribution is 5.20. The number of likely N-dealkylation sites (tertiary alicyclic amines) is 1. The van der Waals surface area contributed by atoms with Crippen molar-refractivity contribution in [3.63, 3.8) is 0 Å². The average molecular weight is 265 g/mol. The van der Waals surface area contributed by atoms with Crippen LogP contribution >= 0.6 is 0 Å². The van der Waals surface area contributed by atoms with Crippen molar-refractivity contribution in [3.05, 3.63) is 35.6 Å². The Kier molecular flexibility index (Phi) is 4.91. The van der Waals surface area contributed by atoms with Crippen molar-refractivity contribution in [3.8, 4) is 0 Å². The third-order valence-electron chi connectivity index (χ3n) is 3.80. The summed E-state index contributed by atoms with van der Waals surface area (Å²) in [6.45, 7) is 3.05. The maximum atomic E-state index is 12.9. The molecule has 2 N–H and O–H groups in total. The second kappa shape index (κ2) is 6.46. The Morgan fingerprint density at radius 3 is 2.68 bits per heavy atom. The molecule has 1 aromatic rings. The predicted molar refractivity (Wildman–Crippen MR) is 76.5 cm³/mol. The van der Waals surface area contributed by atoms with E-state index in [4.69, 9.17) is 5.73 Å². The van der Waals surface area contributed by atoms with Gasteiger partial charge in [-0.3, -0.25) is 4.90 Å². The third kappa shape index (κ3) is 4.00. The number of nitrogens with two attached hydrogens (primary N) is 1. The average Bonchev–Trinajstić information content (AvgIpc) is 2.76. The van der Waals surface area contributed by atoms with Gasteiger partial charge in [-0.15, -0.1) is 0 Å². The van der Waals surface area contributed by atoms with E-state index in [-0.39, 0.29) is 11.9 Å². The molecule has 1 saturated heterocycles. The minimum Gasteiger partial charge on any atom is -0.323 e. The Balaban J connectivity index is 1.94. The summed E-state index contributed by atoms with van der Waals surface area (Å²) in [7, 11) is 4.22. The van der Waals surface area contributed by atoms with E-state index in [0.717, 1.165) is 25.2 Å². The maximum Gasteiger partial charge on any atom is 0.123 e. The van der Waals surface area contributed by atoms with Crippen LogP contribution in [0.1, 0.15) is 24.4 Å². The molecule has 1 fully saturated rings. The summed E-state index contributed by atoms with van der Waals surface area (Å²) in [5.74, 6) is -0.206. The fourth-order valence-corrected chi connectivity index (χ4v) is 2.83. The fraction of sp³-hybridized carbons (Fsp3) is 0.600. The molecule has 0 aromatic heterocycles. The number of nitrogens with zero attached hydrogens (tertiary/aromatic N) is 2. The van der Waals surface area contributed by atoms with E-state index in [1.54, 1.807) is 12.1 Å². The van der Waals surface area contributed by atoms with Crippen molar-refractivity contribution >= 4 is 0 Å². The normalized spacial score (nSPS) is 22.1. The van der Waals surface area contributed by atoms with Crippen LogP contribution in [0, 0.1) is 5.82 Å². The first-order chi connectivity index (χ1) is 9.06. The number of rotatable bonds is 5. The molecule has 0 aliphatic carbocycles. The summed E-state index contributed by atoms with van der Waals surface area (Å²) < 4.78 is 12.9. The lowest BCUT2D eigenvalue weighted by atomic mass is 10.1. The lowest BCUT2D eigenvalue weighted by Gasteiger charge is -2.29. The summed E-state index contributed by atoms with van der Waals surface area (Å²) in [6, 6.07) is 7.10. The fourth-order valence-electron chi connectivity index (χ4n) is 2.83. The molecule has 1 aliphatic rings. The molecular formula is C15H24FN3. The highest BCUT2D eigenvalue weighted by atomic mass is 19.1. The topological polar surface area (TPSA) is 32.5 Å². The molecule has 1 heterocycles. The summed E-state index contributed by atoms with van der Waals surface area (Å²) in [6.07, 6.45) is 2.49. The number of likely N-dealkylation sites (N-methyl/N-ethyl adjacent to an activating group) is 1. The van der Waals surface area contributed by atoms with Gasteiger partial charge in [-0.05, 0) is 51.2 Å². The molecule has 0 bridgehead atoms. The van der Waals surface area contributed by atoms with Gasteiger partial charge >= 0.3 is 0 Å². The van der Waals surface area contributed by atoms with Crippen LogP contribution in [0.5, 0.6) is 0 Å². The standard InChI is InChI=1S/C15H24FN3/c1-18(2)10-14-4-3-9-19(14)11-15(17)12-5-7-13(16)8-6-12/h5-8,14-15H,3-4,9-11,17H2,1-2H3. The highest BCUT2D eigenvalue weighted by Crippen LogP contribution is 2.21. The molecule has 2 atom stereocenters. The number of halogens is 1. The summed E-state index contributed by atoms with van der Waals surface area (Å²) in [5, 5.41) is 0. The van der Waals surface area contributed by atoms with Crippen LogP contribution in [0.2, 0.25) is 0 Å². The molecule has 3 nitrogen and oxygen atoms in total. The van der Waals surface area contributed by atoms with Gasteiger partial charge in [-0.1, -0.05) is 12.1 Å². The second-order valence-corrected chi connectivity index (χ2v) is 5.71. The van der Waals surface area contributed by atoms with Gasteiger partial charge in [0.05, 0.1) is 0 Å². The van der Waals surface area contributed by atoms with E-state index < -0.39 is 0 Å². The number of benzene rings is 1. The van der Waals surface area contributed by atoms with Crippen LogP contribution in [0.4, 0.5) is 4.39 Å². The first kappa shape index (κ1) is 14.4. The summed E-state index contributed by atoms with van der Waals surface area (Å²) in [4.78, 5) is 4.69. The lowest BCUT2D eigenvalue weighted by molar-refractivity contribution is 0.198. The van der Waals surface area contributed by atoms with Crippen molar-refractivity contribution in [1.82, 2.24) is 9.80 Å². The van der Waals surface area contributed by atoms with E-state index in [2.05, 4.69) is 23.9 Å². The first-order valence-electron chi connectivity index (χ1n) is 6.96. The predicted octanol–water partition coefficient (Wildman–Crippen LogP) is 1.85. The van der Waals surface area contributed by atoms with Crippen molar-refractivity contribution in [2.24, 2.45) is 5.73 Å². The largest absolute Gasteiger partial charge is 0.323 e. The quantitative estimate of drug-likeness (QED) is 0.882. The molecule has 2 rings (SSSR count). The van der Waals surface area contributed by atoms with Gasteiger partial charge in [0.15, 0.2) is 0 Å². The molecule has 19 heavy (non-hydrogen) atoms. The van der Waals surface area contributed by atoms with Crippen LogP contribution in [0.3, 0.4) is 0 Å². The van der Waals surface area contributed by atoms with E-state index in [1.807, 2.05) is 0 Å². The molecule has 106 valence electrons. The van der Waals surface area contributed by atoms with Crippen molar-refractivity contribution in [2.45, 2.75) is 24.9 Å². The van der Waals surface area contributed by atoms with Gasteiger partial charge in [-0.2, -0.15) is 0 Å². The van der Waals surface area contributed by atoms with Gasteiger partial charge in [-0.25, -0.2) is 4.39 Å². The minimum atomic E-state index is -0.206. The van der Waals surface area contributed by atoms with Gasteiger partial charge in [0.1, 0.15) is 5.82 Å². The zero-order valence-electron chi connectivity index (χ0n) is 11.8. The molecule has 0 saturated carbocycles. The summed E-state index contributed by atoms with van der Waals surface area (Å²) in [5.41, 5.74) is 7.25. The second-order valence-electron chi connectivity index (χ2n) is 5.71. The van der Waals surface area contributed by atoms with Gasteiger partial charge in [0.2, 0.25) is 0 Å². The number of hydrogen-bond acceptors (Lipinski definition) is 3. The first-order valence-corrected chi connectivity index (χ1v) is 6.96. The molecular weight excluding hydrogens is 241 g/mol. The Morgan fingerprint density at radius 1 is 1.37 bits per heavy atom. The lowest BCUT2D eigenvalue weighted by Crippen LogP contribution is -2.41.